The highest BCUT2D eigenvalue weighted by Gasteiger charge is 2.37. The van der Waals surface area contributed by atoms with Crippen molar-refractivity contribution in [3.63, 3.8) is 0 Å². The number of rotatable bonds is 4. The number of oxime groups is 1. The molecule has 0 bridgehead atoms. The summed E-state index contributed by atoms with van der Waals surface area (Å²) in [5.41, 5.74) is -0.132. The third-order valence-electron chi connectivity index (χ3n) is 2.04. The van der Waals surface area contributed by atoms with E-state index in [2.05, 4.69) is 9.89 Å². The largest absolute Gasteiger partial charge is 0.573 e. The maximum atomic E-state index is 13.0. The molecular formula is C10H7ClF5NO2. The zero-order chi connectivity index (χ0) is 14.7. The molecule has 0 aromatic heterocycles. The lowest BCUT2D eigenvalue weighted by molar-refractivity contribution is -0.274. The normalized spacial score (nSPS) is 14.6. The van der Waals surface area contributed by atoms with Crippen molar-refractivity contribution in [1.82, 2.24) is 0 Å². The number of ether oxygens (including phenoxy) is 1. The molecule has 1 N–H and O–H groups in total. The zero-order valence-corrected chi connectivity index (χ0v) is 9.79. The van der Waals surface area contributed by atoms with Crippen molar-refractivity contribution in [2.24, 2.45) is 5.16 Å². The molecule has 1 aromatic rings. The molecule has 0 aliphatic heterocycles. The summed E-state index contributed by atoms with van der Waals surface area (Å²) in [6.45, 7) is 0. The molecule has 0 fully saturated rings. The SMILES string of the molecule is O/N=C\C(c1ccc(OC(F)(F)F)cc1)C(F)(F)Cl. The van der Waals surface area contributed by atoms with Crippen molar-refractivity contribution in [2.75, 3.05) is 0 Å². The Kier molecular flexibility index (Phi) is 4.56. The summed E-state index contributed by atoms with van der Waals surface area (Å²) in [7, 11) is 0. The van der Waals surface area contributed by atoms with E-state index in [9.17, 15) is 22.0 Å². The first-order valence-corrected chi connectivity index (χ1v) is 5.11. The highest BCUT2D eigenvalue weighted by Crippen LogP contribution is 2.36. The fourth-order valence-corrected chi connectivity index (χ4v) is 1.49. The molecule has 0 saturated carbocycles. The van der Waals surface area contributed by atoms with Crippen LogP contribution in [0, 0.1) is 0 Å². The maximum absolute atomic E-state index is 13.0. The Hall–Kier alpha value is -1.57. The molecule has 0 aliphatic carbocycles. The van der Waals surface area contributed by atoms with Gasteiger partial charge in [0.2, 0.25) is 0 Å². The van der Waals surface area contributed by atoms with E-state index >= 15 is 0 Å². The van der Waals surface area contributed by atoms with Gasteiger partial charge in [-0.1, -0.05) is 12.1 Å². The molecule has 0 spiro atoms. The lowest BCUT2D eigenvalue weighted by Gasteiger charge is -2.17. The van der Waals surface area contributed by atoms with E-state index in [4.69, 9.17) is 16.8 Å². The second-order valence-electron chi connectivity index (χ2n) is 3.40. The van der Waals surface area contributed by atoms with Crippen molar-refractivity contribution < 1.29 is 31.9 Å². The van der Waals surface area contributed by atoms with Crippen molar-refractivity contribution in [3.8, 4) is 5.75 Å². The lowest BCUT2D eigenvalue weighted by atomic mass is 10.0. The molecule has 0 aliphatic rings. The number of benzene rings is 1. The Morgan fingerprint density at radius 2 is 1.68 bits per heavy atom. The van der Waals surface area contributed by atoms with E-state index in [0.29, 0.717) is 6.21 Å². The fourth-order valence-electron chi connectivity index (χ4n) is 1.30. The van der Waals surface area contributed by atoms with Gasteiger partial charge in [-0.3, -0.25) is 0 Å². The van der Waals surface area contributed by atoms with E-state index in [1.807, 2.05) is 0 Å². The molecule has 9 heteroatoms. The average molecular weight is 304 g/mol. The molecular weight excluding hydrogens is 297 g/mol. The quantitative estimate of drug-likeness (QED) is 0.301. The van der Waals surface area contributed by atoms with Gasteiger partial charge in [0.25, 0.3) is 0 Å². The maximum Gasteiger partial charge on any atom is 0.573 e. The molecule has 0 radical (unpaired) electrons. The van der Waals surface area contributed by atoms with Crippen LogP contribution in [0.25, 0.3) is 0 Å². The summed E-state index contributed by atoms with van der Waals surface area (Å²) in [6.07, 6.45) is -4.39. The number of nitrogens with zero attached hydrogens (tertiary/aromatic N) is 1. The summed E-state index contributed by atoms with van der Waals surface area (Å²) >= 11 is 4.81. The number of hydrogen-bond donors (Lipinski definition) is 1. The molecule has 0 heterocycles. The second kappa shape index (κ2) is 5.60. The van der Waals surface area contributed by atoms with E-state index in [1.54, 1.807) is 0 Å². The van der Waals surface area contributed by atoms with Crippen molar-refractivity contribution in [2.45, 2.75) is 17.7 Å². The van der Waals surface area contributed by atoms with Gasteiger partial charge in [0.1, 0.15) is 11.7 Å². The number of hydrogen-bond acceptors (Lipinski definition) is 3. The number of alkyl halides is 6. The Labute approximate surface area is 109 Å². The fraction of sp³-hybridized carbons (Fsp3) is 0.300. The van der Waals surface area contributed by atoms with Crippen LogP contribution in [0.15, 0.2) is 29.4 Å². The topological polar surface area (TPSA) is 41.8 Å². The first-order chi connectivity index (χ1) is 8.63. The third kappa shape index (κ3) is 4.90. The molecule has 1 rings (SSSR count). The van der Waals surface area contributed by atoms with E-state index < -0.39 is 23.4 Å². The lowest BCUT2D eigenvalue weighted by Crippen LogP contribution is -2.21. The Bertz CT molecular complexity index is 441. The van der Waals surface area contributed by atoms with Gasteiger partial charge >= 0.3 is 11.7 Å². The van der Waals surface area contributed by atoms with Gasteiger partial charge in [0, 0.05) is 0 Å². The van der Waals surface area contributed by atoms with Crippen LogP contribution in [0.4, 0.5) is 22.0 Å². The summed E-state index contributed by atoms with van der Waals surface area (Å²) in [5.74, 6) is -2.34. The molecule has 3 nitrogen and oxygen atoms in total. The molecule has 19 heavy (non-hydrogen) atoms. The molecule has 1 unspecified atom stereocenters. The number of halogens is 6. The Morgan fingerprint density at radius 1 is 1.16 bits per heavy atom. The van der Waals surface area contributed by atoms with Gasteiger partial charge in [-0.2, -0.15) is 8.78 Å². The minimum atomic E-state index is -4.87. The molecule has 106 valence electrons. The van der Waals surface area contributed by atoms with Crippen LogP contribution < -0.4 is 4.74 Å². The highest BCUT2D eigenvalue weighted by molar-refractivity contribution is 6.23. The van der Waals surface area contributed by atoms with Gasteiger partial charge in [0.05, 0.1) is 6.21 Å². The predicted octanol–water partition coefficient (Wildman–Crippen LogP) is 3.96. The monoisotopic (exact) mass is 303 g/mol. The summed E-state index contributed by atoms with van der Waals surface area (Å²) in [6, 6.07) is 3.63. The van der Waals surface area contributed by atoms with Gasteiger partial charge in [-0.25, -0.2) is 0 Å². The summed E-state index contributed by atoms with van der Waals surface area (Å²) in [5, 5.41) is 6.98. The Morgan fingerprint density at radius 3 is 2.05 bits per heavy atom. The van der Waals surface area contributed by atoms with E-state index in [-0.39, 0.29) is 5.56 Å². The van der Waals surface area contributed by atoms with Gasteiger partial charge in [-0.15, -0.1) is 18.3 Å². The van der Waals surface area contributed by atoms with Crippen LogP contribution >= 0.6 is 11.6 Å². The van der Waals surface area contributed by atoms with Gasteiger partial charge < -0.3 is 9.94 Å². The first-order valence-electron chi connectivity index (χ1n) is 4.73. The predicted molar refractivity (Wildman–Crippen MR) is 56.9 cm³/mol. The minimum absolute atomic E-state index is 0.132. The van der Waals surface area contributed by atoms with Crippen LogP contribution in [0.2, 0.25) is 0 Å². The van der Waals surface area contributed by atoms with Gasteiger partial charge in [-0.05, 0) is 29.3 Å². The molecule has 0 saturated heterocycles. The minimum Gasteiger partial charge on any atom is -0.411 e. The van der Waals surface area contributed by atoms with Crippen LogP contribution in [0.1, 0.15) is 11.5 Å². The van der Waals surface area contributed by atoms with Crippen LogP contribution in [-0.2, 0) is 0 Å². The smallest absolute Gasteiger partial charge is 0.411 e. The van der Waals surface area contributed by atoms with E-state index in [1.165, 1.54) is 0 Å². The summed E-state index contributed by atoms with van der Waals surface area (Å²) < 4.78 is 65.2. The van der Waals surface area contributed by atoms with Crippen molar-refractivity contribution in [3.05, 3.63) is 29.8 Å². The van der Waals surface area contributed by atoms with E-state index in [0.717, 1.165) is 24.3 Å². The third-order valence-corrected chi connectivity index (χ3v) is 2.28. The van der Waals surface area contributed by atoms with Crippen molar-refractivity contribution in [1.29, 1.82) is 0 Å². The second-order valence-corrected chi connectivity index (χ2v) is 3.90. The Balaban J connectivity index is 2.96. The zero-order valence-electron chi connectivity index (χ0n) is 9.03. The van der Waals surface area contributed by atoms with Crippen molar-refractivity contribution >= 4 is 17.8 Å². The van der Waals surface area contributed by atoms with Crippen LogP contribution in [-0.4, -0.2) is 23.2 Å². The molecule has 1 aromatic carbocycles. The van der Waals surface area contributed by atoms with Gasteiger partial charge in [0.15, 0.2) is 0 Å². The molecule has 1 atom stereocenters. The average Bonchev–Trinajstić information content (AvgIpc) is 2.23. The first kappa shape index (κ1) is 15.5. The molecule has 0 amide bonds. The summed E-state index contributed by atoms with van der Waals surface area (Å²) in [4.78, 5) is 0. The van der Waals surface area contributed by atoms with Crippen LogP contribution in [0.3, 0.4) is 0 Å². The highest BCUT2D eigenvalue weighted by atomic mass is 35.5. The van der Waals surface area contributed by atoms with Crippen LogP contribution in [0.5, 0.6) is 5.75 Å². The standard InChI is InChI=1S/C10H7ClF5NO2/c11-9(12,13)8(5-17-18)6-1-3-7(4-2-6)19-10(14,15)16/h1-5,8,18H/b17-5-.